The molecule has 0 aliphatic heterocycles. The second-order valence-corrected chi connectivity index (χ2v) is 4.71. The van der Waals surface area contributed by atoms with Crippen LogP contribution in [0.2, 0.25) is 5.02 Å². The molecule has 3 nitrogen and oxygen atoms in total. The molecule has 0 unspecified atom stereocenters. The molecule has 2 aromatic rings. The van der Waals surface area contributed by atoms with Gasteiger partial charge in [0.2, 0.25) is 0 Å². The summed E-state index contributed by atoms with van der Waals surface area (Å²) in [4.78, 5) is 12.2. The van der Waals surface area contributed by atoms with Crippen LogP contribution in [0.1, 0.15) is 17.3 Å². The Morgan fingerprint density at radius 2 is 1.95 bits per heavy atom. The smallest absolute Gasteiger partial charge is 0.257 e. The Labute approximate surface area is 125 Å². The van der Waals surface area contributed by atoms with Crippen LogP contribution in [-0.2, 0) is 0 Å². The topological polar surface area (TPSA) is 41.1 Å². The molecule has 0 spiro atoms. The van der Waals surface area contributed by atoms with Crippen molar-refractivity contribution < 1.29 is 13.6 Å². The first-order chi connectivity index (χ1) is 10.0. The van der Waals surface area contributed by atoms with Crippen LogP contribution in [0, 0.1) is 11.6 Å². The average Bonchev–Trinajstić information content (AvgIpc) is 2.44. The second-order valence-electron chi connectivity index (χ2n) is 4.27. The van der Waals surface area contributed by atoms with Crippen molar-refractivity contribution in [2.45, 2.75) is 6.92 Å². The Morgan fingerprint density at radius 3 is 2.62 bits per heavy atom. The van der Waals surface area contributed by atoms with Crippen molar-refractivity contribution in [3.63, 3.8) is 0 Å². The Hall–Kier alpha value is -2.14. The molecule has 0 fully saturated rings. The van der Waals surface area contributed by atoms with Crippen molar-refractivity contribution in [3.8, 4) is 0 Å². The molecule has 2 N–H and O–H groups in total. The van der Waals surface area contributed by atoms with Gasteiger partial charge in [0, 0.05) is 11.6 Å². The summed E-state index contributed by atoms with van der Waals surface area (Å²) in [5, 5.41) is 5.41. The van der Waals surface area contributed by atoms with Crippen LogP contribution in [0.3, 0.4) is 0 Å². The Balaban J connectivity index is 2.30. The van der Waals surface area contributed by atoms with Crippen LogP contribution in [-0.4, -0.2) is 12.5 Å². The predicted molar refractivity (Wildman–Crippen MR) is 79.9 cm³/mol. The van der Waals surface area contributed by atoms with Gasteiger partial charge in [0.05, 0.1) is 16.9 Å². The molecule has 0 bridgehead atoms. The average molecular weight is 311 g/mol. The van der Waals surface area contributed by atoms with Crippen molar-refractivity contribution >= 4 is 28.9 Å². The first-order valence-electron chi connectivity index (χ1n) is 6.31. The van der Waals surface area contributed by atoms with Crippen molar-refractivity contribution in [3.05, 3.63) is 58.6 Å². The zero-order valence-corrected chi connectivity index (χ0v) is 12.0. The lowest BCUT2D eigenvalue weighted by Gasteiger charge is -2.12. The van der Waals surface area contributed by atoms with Gasteiger partial charge in [-0.3, -0.25) is 4.79 Å². The molecule has 2 rings (SSSR count). The van der Waals surface area contributed by atoms with Crippen LogP contribution >= 0.6 is 11.6 Å². The zero-order valence-electron chi connectivity index (χ0n) is 11.2. The molecule has 0 atom stereocenters. The van der Waals surface area contributed by atoms with E-state index in [-0.39, 0.29) is 22.0 Å². The minimum absolute atomic E-state index is 0.0175. The molecule has 110 valence electrons. The lowest BCUT2D eigenvalue weighted by Crippen LogP contribution is -2.16. The Bertz CT molecular complexity index is 677. The Kier molecular flexibility index (Phi) is 4.75. The number of nitrogens with one attached hydrogen (secondary N) is 2. The summed E-state index contributed by atoms with van der Waals surface area (Å²) in [6.07, 6.45) is 0. The van der Waals surface area contributed by atoms with Gasteiger partial charge in [-0.2, -0.15) is 0 Å². The molecule has 0 heterocycles. The molecule has 0 aliphatic rings. The number of halogens is 3. The van der Waals surface area contributed by atoms with E-state index >= 15 is 0 Å². The summed E-state index contributed by atoms with van der Waals surface area (Å²) in [6, 6.07) is 8.03. The third-order valence-electron chi connectivity index (χ3n) is 2.79. The van der Waals surface area contributed by atoms with Crippen molar-refractivity contribution in [2.75, 3.05) is 17.2 Å². The number of rotatable bonds is 4. The van der Waals surface area contributed by atoms with Crippen molar-refractivity contribution in [1.82, 2.24) is 0 Å². The van der Waals surface area contributed by atoms with Crippen LogP contribution in [0.5, 0.6) is 0 Å². The zero-order chi connectivity index (χ0) is 15.4. The number of hydrogen-bond donors (Lipinski definition) is 2. The largest absolute Gasteiger partial charge is 0.382 e. The number of hydrogen-bond acceptors (Lipinski definition) is 2. The Morgan fingerprint density at radius 1 is 1.19 bits per heavy atom. The van der Waals surface area contributed by atoms with E-state index in [0.29, 0.717) is 6.54 Å². The summed E-state index contributed by atoms with van der Waals surface area (Å²) in [5.41, 5.74) is 0.175. The van der Waals surface area contributed by atoms with Gasteiger partial charge in [0.15, 0.2) is 0 Å². The lowest BCUT2D eigenvalue weighted by molar-refractivity contribution is 0.102. The molecule has 0 saturated carbocycles. The van der Waals surface area contributed by atoms with Gasteiger partial charge in [-0.05, 0) is 37.3 Å². The first kappa shape index (κ1) is 15.3. The third kappa shape index (κ3) is 3.49. The fourth-order valence-electron chi connectivity index (χ4n) is 1.85. The highest BCUT2D eigenvalue weighted by Gasteiger charge is 2.16. The first-order valence-corrected chi connectivity index (χ1v) is 6.69. The predicted octanol–water partition coefficient (Wildman–Crippen LogP) is 4.30. The molecule has 0 aliphatic carbocycles. The molecule has 1 amide bonds. The van der Waals surface area contributed by atoms with Crippen LogP contribution in [0.15, 0.2) is 36.4 Å². The summed E-state index contributed by atoms with van der Waals surface area (Å²) >= 11 is 5.65. The third-order valence-corrected chi connectivity index (χ3v) is 3.03. The second kappa shape index (κ2) is 6.54. The monoisotopic (exact) mass is 310 g/mol. The number of anilines is 2. The number of carbonyl (C=O) groups excluding carboxylic acids is 1. The van der Waals surface area contributed by atoms with E-state index in [2.05, 4.69) is 10.6 Å². The number of para-hydroxylation sites is 1. The van der Waals surface area contributed by atoms with Crippen LogP contribution in [0.4, 0.5) is 20.2 Å². The summed E-state index contributed by atoms with van der Waals surface area (Å²) < 4.78 is 27.4. The van der Waals surface area contributed by atoms with Gasteiger partial charge >= 0.3 is 0 Å². The van der Waals surface area contributed by atoms with E-state index < -0.39 is 17.5 Å². The molecule has 0 saturated heterocycles. The van der Waals surface area contributed by atoms with Gasteiger partial charge in [-0.25, -0.2) is 8.78 Å². The van der Waals surface area contributed by atoms with E-state index in [0.717, 1.165) is 6.07 Å². The van der Waals surface area contributed by atoms with Gasteiger partial charge < -0.3 is 10.6 Å². The molecule has 2 aromatic carbocycles. The minimum atomic E-state index is -0.655. The highest BCUT2D eigenvalue weighted by Crippen LogP contribution is 2.23. The summed E-state index contributed by atoms with van der Waals surface area (Å²) in [7, 11) is 0. The molecule has 0 aromatic heterocycles. The highest BCUT2D eigenvalue weighted by atomic mass is 35.5. The quantitative estimate of drug-likeness (QED) is 0.884. The highest BCUT2D eigenvalue weighted by molar-refractivity contribution is 6.30. The van der Waals surface area contributed by atoms with Gasteiger partial charge in [0.25, 0.3) is 5.91 Å². The normalized spacial score (nSPS) is 10.3. The maximum absolute atomic E-state index is 13.7. The molecule has 6 heteroatoms. The molecule has 0 radical (unpaired) electrons. The van der Waals surface area contributed by atoms with Crippen molar-refractivity contribution in [2.24, 2.45) is 0 Å². The number of carbonyl (C=O) groups is 1. The molecular formula is C15H13ClF2N2O. The van der Waals surface area contributed by atoms with Gasteiger partial charge in [0.1, 0.15) is 11.6 Å². The van der Waals surface area contributed by atoms with E-state index in [1.165, 1.54) is 30.3 Å². The molecule has 21 heavy (non-hydrogen) atoms. The van der Waals surface area contributed by atoms with Crippen molar-refractivity contribution in [1.29, 1.82) is 0 Å². The van der Waals surface area contributed by atoms with E-state index in [1.807, 2.05) is 0 Å². The maximum Gasteiger partial charge on any atom is 0.257 e. The summed E-state index contributed by atoms with van der Waals surface area (Å²) in [5.74, 6) is -1.80. The summed E-state index contributed by atoms with van der Waals surface area (Å²) in [6.45, 7) is 2.24. The van der Waals surface area contributed by atoms with Gasteiger partial charge in [-0.1, -0.05) is 17.7 Å². The van der Waals surface area contributed by atoms with E-state index in [1.54, 1.807) is 6.92 Å². The standard InChI is InChI=1S/C15H13ClF2N2O/c1-2-19-14-10(4-3-5-11(14)17)15(21)20-13-7-6-9(16)8-12(13)18/h3-8,19H,2H2,1H3,(H,20,21). The SMILES string of the molecule is CCNc1c(F)cccc1C(=O)Nc1ccc(Cl)cc1F. The van der Waals surface area contributed by atoms with E-state index in [4.69, 9.17) is 11.6 Å². The minimum Gasteiger partial charge on any atom is -0.382 e. The maximum atomic E-state index is 13.7. The molecular weight excluding hydrogens is 298 g/mol. The number of amides is 1. The van der Waals surface area contributed by atoms with E-state index in [9.17, 15) is 13.6 Å². The van der Waals surface area contributed by atoms with Crippen LogP contribution < -0.4 is 10.6 Å². The van der Waals surface area contributed by atoms with Gasteiger partial charge in [-0.15, -0.1) is 0 Å². The fraction of sp³-hybridized carbons (Fsp3) is 0.133. The number of benzene rings is 2. The fourth-order valence-corrected chi connectivity index (χ4v) is 2.01. The lowest BCUT2D eigenvalue weighted by atomic mass is 10.1. The van der Waals surface area contributed by atoms with Crippen LogP contribution in [0.25, 0.3) is 0 Å².